The number of nitrogens with one attached hydrogen (secondary N) is 1. The second kappa shape index (κ2) is 8.35. The van der Waals surface area contributed by atoms with Crippen LogP contribution in [0.2, 0.25) is 0 Å². The summed E-state index contributed by atoms with van der Waals surface area (Å²) in [6, 6.07) is 9.42. The minimum Gasteiger partial charge on any atom is -0.444 e. The number of alkyl carbamates (subject to hydrolysis) is 1. The van der Waals surface area contributed by atoms with Gasteiger partial charge in [-0.25, -0.2) is 13.2 Å². The summed E-state index contributed by atoms with van der Waals surface area (Å²) in [4.78, 5) is 30.1. The maximum Gasteiger partial charge on any atom is 0.408 e. The van der Waals surface area contributed by atoms with Crippen molar-refractivity contribution in [2.45, 2.75) is 44.2 Å². The van der Waals surface area contributed by atoms with Crippen molar-refractivity contribution in [1.29, 1.82) is 0 Å². The molecular weight excluding hydrogens is 414 g/mol. The number of amides is 2. The fourth-order valence-electron chi connectivity index (χ4n) is 3.21. The van der Waals surface area contributed by atoms with Crippen LogP contribution >= 0.6 is 11.8 Å². The Bertz CT molecular complexity index is 910. The molecule has 8 nitrogen and oxygen atoms in total. The van der Waals surface area contributed by atoms with Crippen LogP contribution in [0.5, 0.6) is 0 Å². The van der Waals surface area contributed by atoms with Crippen LogP contribution < -0.4 is 5.32 Å². The van der Waals surface area contributed by atoms with E-state index in [0.717, 1.165) is 5.56 Å². The summed E-state index contributed by atoms with van der Waals surface area (Å²) in [6.07, 6.45) is -0.686. The number of benzene rings is 1. The Kier molecular flexibility index (Phi) is 6.23. The SMILES string of the molecule is CC(C)(C)OC(=O)NCC(=O)N=C1S[C@@H]2CS(=O)(=O)C[C@H]2N1Cc1ccccc1. The number of fused-ring (bicyclic) bond motifs is 1. The predicted molar refractivity (Wildman–Crippen MR) is 112 cm³/mol. The number of aliphatic imine (C=N–C) groups is 1. The monoisotopic (exact) mass is 439 g/mol. The van der Waals surface area contributed by atoms with E-state index in [0.29, 0.717) is 11.7 Å². The molecule has 0 unspecified atom stereocenters. The van der Waals surface area contributed by atoms with Crippen LogP contribution in [0.15, 0.2) is 35.3 Å². The number of carbonyl (C=O) groups excluding carboxylic acids is 2. The number of carbonyl (C=O) groups is 2. The molecule has 2 aliphatic rings. The molecule has 2 fully saturated rings. The Labute approximate surface area is 175 Å². The predicted octanol–water partition coefficient (Wildman–Crippen LogP) is 1.81. The highest BCUT2D eigenvalue weighted by atomic mass is 32.2. The zero-order valence-electron chi connectivity index (χ0n) is 16.6. The third-order valence-electron chi connectivity index (χ3n) is 4.37. The maximum atomic E-state index is 12.3. The van der Waals surface area contributed by atoms with Crippen LogP contribution in [-0.4, -0.2) is 65.4 Å². The molecule has 29 heavy (non-hydrogen) atoms. The molecule has 0 aliphatic carbocycles. The molecule has 2 amide bonds. The average molecular weight is 440 g/mol. The van der Waals surface area contributed by atoms with Crippen molar-refractivity contribution in [2.24, 2.45) is 4.99 Å². The first-order valence-corrected chi connectivity index (χ1v) is 12.0. The summed E-state index contributed by atoms with van der Waals surface area (Å²) in [5.74, 6) is -0.378. The molecule has 0 radical (unpaired) electrons. The average Bonchev–Trinajstić information content (AvgIpc) is 3.05. The van der Waals surface area contributed by atoms with Gasteiger partial charge in [0.1, 0.15) is 12.1 Å². The highest BCUT2D eigenvalue weighted by Gasteiger charge is 2.48. The van der Waals surface area contributed by atoms with Gasteiger partial charge in [-0.15, -0.1) is 0 Å². The van der Waals surface area contributed by atoms with Crippen molar-refractivity contribution in [3.63, 3.8) is 0 Å². The van der Waals surface area contributed by atoms with Crippen LogP contribution in [0.3, 0.4) is 0 Å². The van der Waals surface area contributed by atoms with E-state index in [1.807, 2.05) is 35.2 Å². The third kappa shape index (κ3) is 5.96. The highest BCUT2D eigenvalue weighted by molar-refractivity contribution is 8.15. The maximum absolute atomic E-state index is 12.3. The van der Waals surface area contributed by atoms with E-state index in [9.17, 15) is 18.0 Å². The molecular formula is C19H25N3O5S2. The molecule has 0 spiro atoms. The van der Waals surface area contributed by atoms with Gasteiger partial charge in [-0.2, -0.15) is 4.99 Å². The van der Waals surface area contributed by atoms with Gasteiger partial charge in [0.05, 0.1) is 17.5 Å². The van der Waals surface area contributed by atoms with Gasteiger partial charge in [0, 0.05) is 11.8 Å². The fourth-order valence-corrected chi connectivity index (χ4v) is 7.18. The molecule has 0 aromatic heterocycles. The molecule has 1 aromatic rings. The molecule has 2 saturated heterocycles. The van der Waals surface area contributed by atoms with Gasteiger partial charge in [-0.1, -0.05) is 42.1 Å². The van der Waals surface area contributed by atoms with Crippen LogP contribution in [-0.2, 0) is 25.9 Å². The first kappa shape index (κ1) is 21.6. The first-order valence-electron chi connectivity index (χ1n) is 9.28. The molecule has 3 rings (SSSR count). The lowest BCUT2D eigenvalue weighted by molar-refractivity contribution is -0.117. The van der Waals surface area contributed by atoms with Crippen molar-refractivity contribution >= 4 is 38.8 Å². The minimum absolute atomic E-state index is 0.0564. The molecule has 158 valence electrons. The van der Waals surface area contributed by atoms with E-state index in [4.69, 9.17) is 4.74 Å². The van der Waals surface area contributed by atoms with Crippen LogP contribution in [0.4, 0.5) is 4.79 Å². The van der Waals surface area contributed by atoms with Crippen molar-refractivity contribution in [3.8, 4) is 0 Å². The smallest absolute Gasteiger partial charge is 0.408 e. The summed E-state index contributed by atoms with van der Waals surface area (Å²) in [5.41, 5.74) is 0.348. The first-order chi connectivity index (χ1) is 13.5. The highest BCUT2D eigenvalue weighted by Crippen LogP contribution is 2.39. The number of nitrogens with zero attached hydrogens (tertiary/aromatic N) is 2. The standard InChI is InChI=1S/C19H25N3O5S2/c1-19(2,3)27-18(24)20-9-16(23)21-17-22(10-13-7-5-4-6-8-13)14-11-29(25,26)12-15(14)28-17/h4-8,14-15H,9-12H2,1-3H3,(H,20,24)/t14-,15-/m1/s1. The normalized spacial score (nSPS) is 24.4. The van der Waals surface area contributed by atoms with E-state index in [2.05, 4.69) is 10.3 Å². The molecule has 0 bridgehead atoms. The van der Waals surface area contributed by atoms with Gasteiger partial charge < -0.3 is 15.0 Å². The van der Waals surface area contributed by atoms with Crippen molar-refractivity contribution in [3.05, 3.63) is 35.9 Å². The molecule has 10 heteroatoms. The van der Waals surface area contributed by atoms with Gasteiger partial charge in [0.2, 0.25) is 0 Å². The number of sulfone groups is 1. The minimum atomic E-state index is -3.10. The zero-order chi connectivity index (χ0) is 21.2. The Hall–Kier alpha value is -2.07. The summed E-state index contributed by atoms with van der Waals surface area (Å²) >= 11 is 1.32. The molecule has 2 aliphatic heterocycles. The quantitative estimate of drug-likeness (QED) is 0.763. The summed E-state index contributed by atoms with van der Waals surface area (Å²) in [5, 5.41) is 2.75. The Balaban J connectivity index is 1.70. The molecule has 0 saturated carbocycles. The lowest BCUT2D eigenvalue weighted by Crippen LogP contribution is -2.38. The number of amidine groups is 1. The van der Waals surface area contributed by atoms with E-state index in [1.165, 1.54) is 11.8 Å². The lowest BCUT2D eigenvalue weighted by Gasteiger charge is -2.24. The van der Waals surface area contributed by atoms with Gasteiger partial charge in [0.25, 0.3) is 5.91 Å². The lowest BCUT2D eigenvalue weighted by atomic mass is 10.1. The Morgan fingerprint density at radius 3 is 2.59 bits per heavy atom. The van der Waals surface area contributed by atoms with Crippen molar-refractivity contribution in [1.82, 2.24) is 10.2 Å². The molecule has 1 N–H and O–H groups in total. The van der Waals surface area contributed by atoms with Crippen molar-refractivity contribution in [2.75, 3.05) is 18.1 Å². The van der Waals surface area contributed by atoms with Gasteiger partial charge in [-0.3, -0.25) is 4.79 Å². The van der Waals surface area contributed by atoms with Gasteiger partial charge >= 0.3 is 6.09 Å². The van der Waals surface area contributed by atoms with Gasteiger partial charge in [0.15, 0.2) is 15.0 Å². The van der Waals surface area contributed by atoms with Crippen LogP contribution in [0.25, 0.3) is 0 Å². The number of thioether (sulfide) groups is 1. The fraction of sp³-hybridized carbons (Fsp3) is 0.526. The Morgan fingerprint density at radius 1 is 1.24 bits per heavy atom. The van der Waals surface area contributed by atoms with Crippen molar-refractivity contribution < 1.29 is 22.7 Å². The Morgan fingerprint density at radius 2 is 1.93 bits per heavy atom. The van der Waals surface area contributed by atoms with E-state index in [1.54, 1.807) is 20.8 Å². The molecule has 2 heterocycles. The van der Waals surface area contributed by atoms with E-state index < -0.39 is 27.4 Å². The molecule has 2 atom stereocenters. The largest absolute Gasteiger partial charge is 0.444 e. The molecule has 1 aromatic carbocycles. The number of hydrogen-bond donors (Lipinski definition) is 1. The summed E-state index contributed by atoms with van der Waals surface area (Å²) < 4.78 is 29.2. The number of rotatable bonds is 4. The summed E-state index contributed by atoms with van der Waals surface area (Å²) in [6.45, 7) is 5.39. The van der Waals surface area contributed by atoms with E-state index in [-0.39, 0.29) is 29.3 Å². The third-order valence-corrected chi connectivity index (χ3v) is 7.62. The number of ether oxygens (including phenoxy) is 1. The van der Waals surface area contributed by atoms with Crippen LogP contribution in [0.1, 0.15) is 26.3 Å². The topological polar surface area (TPSA) is 105 Å². The van der Waals surface area contributed by atoms with Crippen LogP contribution in [0, 0.1) is 0 Å². The second-order valence-electron chi connectivity index (χ2n) is 8.06. The van der Waals surface area contributed by atoms with E-state index >= 15 is 0 Å². The number of hydrogen-bond acceptors (Lipinski definition) is 6. The zero-order valence-corrected chi connectivity index (χ0v) is 18.3. The summed E-state index contributed by atoms with van der Waals surface area (Å²) in [7, 11) is -3.10. The second-order valence-corrected chi connectivity index (χ2v) is 11.4. The van der Waals surface area contributed by atoms with Gasteiger partial charge in [-0.05, 0) is 26.3 Å².